The molecule has 11 heavy (non-hydrogen) atoms. The van der Waals surface area contributed by atoms with Crippen molar-refractivity contribution >= 4 is 29.3 Å². The molecule has 0 radical (unpaired) electrons. The maximum Gasteiger partial charge on any atom is 0.373 e. The summed E-state index contributed by atoms with van der Waals surface area (Å²) in [5, 5.41) is 15.2. The fourth-order valence-electron chi connectivity index (χ4n) is 0.0572. The molecule has 0 saturated heterocycles. The van der Waals surface area contributed by atoms with E-state index in [2.05, 4.69) is 0 Å². The normalized spacial score (nSPS) is 7.45. The van der Waals surface area contributed by atoms with E-state index in [-0.39, 0.29) is 0 Å². The summed E-state index contributed by atoms with van der Waals surface area (Å²) in [7, 11) is 0. The lowest BCUT2D eigenvalue weighted by atomic mass is 10.5. The Bertz CT molecular complexity index is 160. The van der Waals surface area contributed by atoms with E-state index in [9.17, 15) is 9.59 Å². The molecule has 6 heteroatoms. The number of hydrogen-bond donors (Lipinski definition) is 2. The van der Waals surface area contributed by atoms with Gasteiger partial charge in [-0.05, 0) is 0 Å². The van der Waals surface area contributed by atoms with Gasteiger partial charge in [-0.25, -0.2) is 4.79 Å². The van der Waals surface area contributed by atoms with Crippen LogP contribution in [-0.2, 0) is 14.4 Å². The Morgan fingerprint density at radius 1 is 1.27 bits per heavy atom. The molecule has 0 unspecified atom stereocenters. The van der Waals surface area contributed by atoms with Crippen LogP contribution in [0.1, 0.15) is 6.92 Å². The van der Waals surface area contributed by atoms with Crippen LogP contribution in [0, 0.1) is 0 Å². The maximum absolute atomic E-state index is 9.78. The number of carboxylic acid groups (broad SMARTS) is 2. The van der Waals surface area contributed by atoms with Gasteiger partial charge in [-0.15, -0.1) is 11.6 Å². The van der Waals surface area contributed by atoms with Gasteiger partial charge in [-0.3, -0.25) is 9.59 Å². The average Bonchev–Trinajstić information content (AvgIpc) is 1.85. The molecular formula is C5H7ClO5. The third-order valence-corrected chi connectivity index (χ3v) is 0.603. The Morgan fingerprint density at radius 3 is 1.55 bits per heavy atom. The van der Waals surface area contributed by atoms with Crippen LogP contribution in [0.4, 0.5) is 0 Å². The van der Waals surface area contributed by atoms with Crippen molar-refractivity contribution in [2.75, 3.05) is 5.88 Å². The van der Waals surface area contributed by atoms with E-state index in [1.165, 1.54) is 0 Å². The van der Waals surface area contributed by atoms with Gasteiger partial charge in [0, 0.05) is 6.92 Å². The zero-order valence-electron chi connectivity index (χ0n) is 5.70. The van der Waals surface area contributed by atoms with Crippen molar-refractivity contribution in [2.45, 2.75) is 6.92 Å². The molecule has 0 rings (SSSR count). The number of carbonyl (C=O) groups is 3. The smallest absolute Gasteiger partial charge is 0.373 e. The van der Waals surface area contributed by atoms with E-state index >= 15 is 0 Å². The fraction of sp³-hybridized carbons (Fsp3) is 0.400. The largest absolute Gasteiger partial charge is 0.481 e. The summed E-state index contributed by atoms with van der Waals surface area (Å²) in [4.78, 5) is 28.3. The minimum Gasteiger partial charge on any atom is -0.481 e. The number of halogens is 1. The summed E-state index contributed by atoms with van der Waals surface area (Å²) in [6.07, 6.45) is 0. The van der Waals surface area contributed by atoms with Gasteiger partial charge >= 0.3 is 5.97 Å². The van der Waals surface area contributed by atoms with Crippen LogP contribution in [0.5, 0.6) is 0 Å². The number of carboxylic acids is 2. The van der Waals surface area contributed by atoms with E-state index in [4.69, 9.17) is 26.6 Å². The molecular weight excluding hydrogens is 176 g/mol. The summed E-state index contributed by atoms with van der Waals surface area (Å²) in [6.45, 7) is 1.08. The van der Waals surface area contributed by atoms with E-state index in [0.29, 0.717) is 0 Å². The zero-order chi connectivity index (χ0) is 9.44. The standard InChI is InChI=1S/C3H3ClO3.C2H4O2/c4-1-2(5)3(6)7;1-2(3)4/h1H2,(H,6,7);1H3,(H,3,4). The predicted molar refractivity (Wildman–Crippen MR) is 36.7 cm³/mol. The summed E-state index contributed by atoms with van der Waals surface area (Å²) in [5.74, 6) is -3.73. The summed E-state index contributed by atoms with van der Waals surface area (Å²) in [6, 6.07) is 0. The van der Waals surface area contributed by atoms with E-state index in [1.54, 1.807) is 0 Å². The molecule has 0 aliphatic carbocycles. The molecule has 64 valence electrons. The third-order valence-electron chi connectivity index (χ3n) is 0.360. The molecule has 0 aromatic carbocycles. The second-order valence-corrected chi connectivity index (χ2v) is 1.65. The first kappa shape index (κ1) is 12.6. The molecule has 0 heterocycles. The van der Waals surface area contributed by atoms with E-state index in [1.807, 2.05) is 0 Å². The number of hydrogen-bond acceptors (Lipinski definition) is 3. The number of aliphatic carboxylic acids is 2. The summed E-state index contributed by atoms with van der Waals surface area (Å²) in [5.41, 5.74) is 0. The van der Waals surface area contributed by atoms with Crippen molar-refractivity contribution in [3.8, 4) is 0 Å². The lowest BCUT2D eigenvalue weighted by Crippen LogP contribution is -2.12. The van der Waals surface area contributed by atoms with Crippen molar-refractivity contribution in [3.63, 3.8) is 0 Å². The molecule has 0 fully saturated rings. The lowest BCUT2D eigenvalue weighted by molar-refractivity contribution is -0.147. The highest BCUT2D eigenvalue weighted by atomic mass is 35.5. The van der Waals surface area contributed by atoms with Gasteiger partial charge < -0.3 is 10.2 Å². The molecule has 2 N–H and O–H groups in total. The van der Waals surface area contributed by atoms with Gasteiger partial charge in [0.25, 0.3) is 11.8 Å². The second kappa shape index (κ2) is 7.01. The quantitative estimate of drug-likeness (QED) is 0.462. The minimum atomic E-state index is -1.48. The molecule has 5 nitrogen and oxygen atoms in total. The van der Waals surface area contributed by atoms with Crippen LogP contribution in [-0.4, -0.2) is 33.8 Å². The fourth-order valence-corrected chi connectivity index (χ4v) is 0.171. The van der Waals surface area contributed by atoms with Crippen molar-refractivity contribution in [1.82, 2.24) is 0 Å². The number of Topliss-reactive ketones (excluding diaryl/α,β-unsaturated/α-hetero) is 1. The van der Waals surface area contributed by atoms with Crippen LogP contribution in [0.25, 0.3) is 0 Å². The molecule has 0 aliphatic rings. The number of rotatable bonds is 2. The van der Waals surface area contributed by atoms with Crippen LogP contribution in [0.3, 0.4) is 0 Å². The van der Waals surface area contributed by atoms with Crippen molar-refractivity contribution in [3.05, 3.63) is 0 Å². The van der Waals surface area contributed by atoms with Gasteiger partial charge in [0.05, 0.1) is 5.88 Å². The highest BCUT2D eigenvalue weighted by Crippen LogP contribution is 1.76. The van der Waals surface area contributed by atoms with Gasteiger partial charge in [0.15, 0.2) is 0 Å². The maximum atomic E-state index is 9.78. The minimum absolute atomic E-state index is 0.449. The highest BCUT2D eigenvalue weighted by molar-refractivity contribution is 6.44. The molecule has 0 aliphatic heterocycles. The van der Waals surface area contributed by atoms with Gasteiger partial charge in [-0.1, -0.05) is 0 Å². The molecule has 0 atom stereocenters. The number of alkyl halides is 1. The van der Waals surface area contributed by atoms with Crippen molar-refractivity contribution < 1.29 is 24.6 Å². The first-order chi connectivity index (χ1) is 4.91. The summed E-state index contributed by atoms with van der Waals surface area (Å²) < 4.78 is 0. The zero-order valence-corrected chi connectivity index (χ0v) is 6.46. The molecule has 0 saturated carbocycles. The van der Waals surface area contributed by atoms with Gasteiger partial charge in [0.2, 0.25) is 0 Å². The van der Waals surface area contributed by atoms with Crippen LogP contribution in [0.2, 0.25) is 0 Å². The second-order valence-electron chi connectivity index (χ2n) is 1.38. The predicted octanol–water partition coefficient (Wildman–Crippen LogP) is -0.0302. The van der Waals surface area contributed by atoms with Crippen LogP contribution in [0.15, 0.2) is 0 Å². The Hall–Kier alpha value is -1.10. The molecule has 0 amide bonds. The van der Waals surface area contributed by atoms with Crippen LogP contribution >= 0.6 is 11.6 Å². The monoisotopic (exact) mass is 182 g/mol. The number of ketones is 1. The Labute approximate surface area is 67.6 Å². The Morgan fingerprint density at radius 2 is 1.55 bits per heavy atom. The third kappa shape index (κ3) is 17.6. The average molecular weight is 183 g/mol. The molecule has 0 spiro atoms. The van der Waals surface area contributed by atoms with Gasteiger partial charge in [0.1, 0.15) is 0 Å². The lowest BCUT2D eigenvalue weighted by Gasteiger charge is -1.79. The van der Waals surface area contributed by atoms with E-state index < -0.39 is 23.6 Å². The Kier molecular flexibility index (Phi) is 8.01. The first-order valence-electron chi connectivity index (χ1n) is 2.43. The molecule has 0 aromatic rings. The number of carbonyl (C=O) groups excluding carboxylic acids is 1. The van der Waals surface area contributed by atoms with Crippen LogP contribution < -0.4 is 0 Å². The SMILES string of the molecule is CC(=O)O.O=C(O)C(=O)CCl. The molecule has 0 aromatic heterocycles. The van der Waals surface area contributed by atoms with E-state index in [0.717, 1.165) is 6.92 Å². The Balaban J connectivity index is 0. The molecule has 0 bridgehead atoms. The van der Waals surface area contributed by atoms with Crippen molar-refractivity contribution in [2.24, 2.45) is 0 Å². The summed E-state index contributed by atoms with van der Waals surface area (Å²) >= 11 is 4.82. The topological polar surface area (TPSA) is 91.7 Å². The van der Waals surface area contributed by atoms with Gasteiger partial charge in [-0.2, -0.15) is 0 Å². The first-order valence-corrected chi connectivity index (χ1v) is 2.96. The van der Waals surface area contributed by atoms with Crippen molar-refractivity contribution in [1.29, 1.82) is 0 Å². The highest BCUT2D eigenvalue weighted by Gasteiger charge is 2.06.